The molecule has 0 radical (unpaired) electrons. The van der Waals surface area contributed by atoms with Crippen LogP contribution >= 0.6 is 22.6 Å². The Morgan fingerprint density at radius 2 is 1.76 bits per heavy atom. The Labute approximate surface area is 270 Å². The molecule has 1 amide bonds. The maximum Gasteiger partial charge on any atom is 0.337 e. The Morgan fingerprint density at radius 1 is 0.978 bits per heavy atom. The number of nitrogens with one attached hydrogen (secondary N) is 2. The van der Waals surface area contributed by atoms with E-state index in [4.69, 9.17) is 19.5 Å². The molecule has 45 heavy (non-hydrogen) atoms. The summed E-state index contributed by atoms with van der Waals surface area (Å²) in [6.45, 7) is 0.518. The molecule has 3 aromatic carbocycles. The van der Waals surface area contributed by atoms with Gasteiger partial charge in [0.1, 0.15) is 24.1 Å². The zero-order valence-corrected chi connectivity index (χ0v) is 26.2. The average molecular weight is 730 g/mol. The molecule has 0 atom stereocenters. The fourth-order valence-electron chi connectivity index (χ4n) is 4.20. The van der Waals surface area contributed by atoms with Crippen molar-refractivity contribution < 1.29 is 37.0 Å². The van der Waals surface area contributed by atoms with Crippen LogP contribution in [0.25, 0.3) is 11.3 Å². The Hall–Kier alpha value is -4.68. The van der Waals surface area contributed by atoms with E-state index in [1.54, 1.807) is 0 Å². The first-order valence-electron chi connectivity index (χ1n) is 13.3. The summed E-state index contributed by atoms with van der Waals surface area (Å²) in [5.41, 5.74) is 1.09. The van der Waals surface area contributed by atoms with Crippen LogP contribution in [0, 0.1) is 32.4 Å². The van der Waals surface area contributed by atoms with Crippen molar-refractivity contribution in [2.75, 3.05) is 38.0 Å². The Kier molecular flexibility index (Phi) is 11.3. The largest absolute Gasteiger partial charge is 0.473 e. The highest BCUT2D eigenvalue weighted by molar-refractivity contribution is 14.1. The molecule has 1 heterocycles. The third-order valence-corrected chi connectivity index (χ3v) is 7.29. The van der Waals surface area contributed by atoms with Crippen LogP contribution in [-0.2, 0) is 27.3 Å². The van der Waals surface area contributed by atoms with Gasteiger partial charge in [0, 0.05) is 40.0 Å². The SMILES string of the molecule is COCCNc1cc(C(=O)OC)cc(I)c1NC(=O)Cc1cc(F)c(-c2cccc(OCc3ccc(C#N)cc3F)n2)cc1F. The number of aromatic nitrogens is 1. The first-order chi connectivity index (χ1) is 21.6. The van der Waals surface area contributed by atoms with Crippen LogP contribution in [0.4, 0.5) is 24.5 Å². The molecule has 0 bridgehead atoms. The molecule has 0 spiro atoms. The van der Waals surface area contributed by atoms with E-state index >= 15 is 8.78 Å². The van der Waals surface area contributed by atoms with Crippen molar-refractivity contribution in [3.8, 4) is 23.2 Å². The third kappa shape index (κ3) is 8.49. The number of nitrogens with zero attached hydrogens (tertiary/aromatic N) is 2. The standard InChI is InChI=1S/C32H26F3IN4O5/c1-43-9-8-38-28-13-21(32(42)44-2)12-26(36)31(28)40-29(41)14-20-11-25(35)22(15-24(20)34)27-4-3-5-30(39-27)45-17-19-7-6-18(16-37)10-23(19)33/h3-7,10-13,15,38H,8-9,14,17H2,1-2H3,(H,40,41). The number of nitriles is 1. The van der Waals surface area contributed by atoms with E-state index in [1.165, 1.54) is 56.7 Å². The number of methoxy groups -OCH3 is 2. The predicted octanol–water partition coefficient (Wildman–Crippen LogP) is 6.25. The normalized spacial score (nSPS) is 10.6. The molecule has 1 aromatic heterocycles. The molecular formula is C32H26F3IN4O5. The molecule has 0 saturated heterocycles. The summed E-state index contributed by atoms with van der Waals surface area (Å²) in [5.74, 6) is -3.41. The molecule has 0 aliphatic carbocycles. The summed E-state index contributed by atoms with van der Waals surface area (Å²) in [7, 11) is 2.78. The molecule has 0 saturated carbocycles. The van der Waals surface area contributed by atoms with E-state index in [2.05, 4.69) is 15.6 Å². The molecule has 4 aromatic rings. The number of benzene rings is 3. The number of amides is 1. The number of ether oxygens (including phenoxy) is 3. The van der Waals surface area contributed by atoms with E-state index in [0.717, 1.165) is 18.2 Å². The van der Waals surface area contributed by atoms with Crippen molar-refractivity contribution >= 4 is 45.8 Å². The lowest BCUT2D eigenvalue weighted by molar-refractivity contribution is -0.115. The van der Waals surface area contributed by atoms with E-state index in [0.29, 0.717) is 28.1 Å². The van der Waals surface area contributed by atoms with Crippen LogP contribution < -0.4 is 15.4 Å². The minimum Gasteiger partial charge on any atom is -0.473 e. The maximum absolute atomic E-state index is 15.2. The van der Waals surface area contributed by atoms with Gasteiger partial charge in [-0.1, -0.05) is 12.1 Å². The smallest absolute Gasteiger partial charge is 0.337 e. The van der Waals surface area contributed by atoms with Gasteiger partial charge in [-0.15, -0.1) is 0 Å². The van der Waals surface area contributed by atoms with Gasteiger partial charge in [0.15, 0.2) is 0 Å². The van der Waals surface area contributed by atoms with Gasteiger partial charge in [0.05, 0.1) is 54.4 Å². The van der Waals surface area contributed by atoms with Crippen molar-refractivity contribution in [3.05, 3.63) is 104 Å². The van der Waals surface area contributed by atoms with Crippen LogP contribution in [-0.4, -0.2) is 44.2 Å². The molecule has 13 heteroatoms. The Morgan fingerprint density at radius 3 is 2.47 bits per heavy atom. The summed E-state index contributed by atoms with van der Waals surface area (Å²) in [5, 5.41) is 14.7. The lowest BCUT2D eigenvalue weighted by Crippen LogP contribution is -2.19. The second-order valence-corrected chi connectivity index (χ2v) is 10.7. The number of hydrogen-bond donors (Lipinski definition) is 2. The van der Waals surface area contributed by atoms with Crippen LogP contribution in [0.2, 0.25) is 0 Å². The van der Waals surface area contributed by atoms with Gasteiger partial charge in [-0.3, -0.25) is 4.79 Å². The average Bonchev–Trinajstić information content (AvgIpc) is 3.03. The second-order valence-electron chi connectivity index (χ2n) is 9.51. The number of pyridine rings is 1. The van der Waals surface area contributed by atoms with Crippen molar-refractivity contribution in [2.45, 2.75) is 13.0 Å². The summed E-state index contributed by atoms with van der Waals surface area (Å²) >= 11 is 1.95. The van der Waals surface area contributed by atoms with Gasteiger partial charge < -0.3 is 24.8 Å². The number of halogens is 4. The van der Waals surface area contributed by atoms with Crippen molar-refractivity contribution in [3.63, 3.8) is 0 Å². The Balaban J connectivity index is 1.50. The molecular weight excluding hydrogens is 704 g/mol. The number of carbonyl (C=O) groups excluding carboxylic acids is 2. The van der Waals surface area contributed by atoms with E-state index in [1.807, 2.05) is 28.7 Å². The molecule has 9 nitrogen and oxygen atoms in total. The number of hydrogen-bond acceptors (Lipinski definition) is 8. The highest BCUT2D eigenvalue weighted by Crippen LogP contribution is 2.31. The zero-order chi connectivity index (χ0) is 32.5. The molecule has 0 unspecified atom stereocenters. The van der Waals surface area contributed by atoms with E-state index < -0.39 is 35.7 Å². The lowest BCUT2D eigenvalue weighted by atomic mass is 10.0. The quantitative estimate of drug-likeness (QED) is 0.0998. The summed E-state index contributed by atoms with van der Waals surface area (Å²) in [6.07, 6.45) is -0.484. The van der Waals surface area contributed by atoms with Crippen molar-refractivity contribution in [1.29, 1.82) is 5.26 Å². The van der Waals surface area contributed by atoms with Gasteiger partial charge >= 0.3 is 5.97 Å². The van der Waals surface area contributed by atoms with Gasteiger partial charge in [-0.05, 0) is 65.1 Å². The summed E-state index contributed by atoms with van der Waals surface area (Å²) in [4.78, 5) is 29.3. The van der Waals surface area contributed by atoms with Crippen LogP contribution in [0.1, 0.15) is 27.0 Å². The highest BCUT2D eigenvalue weighted by Gasteiger charge is 2.19. The molecule has 2 N–H and O–H groups in total. The highest BCUT2D eigenvalue weighted by atomic mass is 127. The maximum atomic E-state index is 15.2. The third-order valence-electron chi connectivity index (χ3n) is 6.44. The number of esters is 1. The lowest BCUT2D eigenvalue weighted by Gasteiger charge is -2.17. The monoisotopic (exact) mass is 730 g/mol. The summed E-state index contributed by atoms with van der Waals surface area (Å²) < 4.78 is 60.5. The van der Waals surface area contributed by atoms with Crippen LogP contribution in [0.15, 0.2) is 60.7 Å². The fraction of sp³-hybridized carbons (Fsp3) is 0.188. The van der Waals surface area contributed by atoms with Crippen LogP contribution in [0.5, 0.6) is 5.88 Å². The van der Waals surface area contributed by atoms with Crippen LogP contribution in [0.3, 0.4) is 0 Å². The zero-order valence-electron chi connectivity index (χ0n) is 24.0. The van der Waals surface area contributed by atoms with E-state index in [9.17, 15) is 14.0 Å². The van der Waals surface area contributed by atoms with E-state index in [-0.39, 0.29) is 46.0 Å². The molecule has 0 aliphatic heterocycles. The number of anilines is 2. The number of carbonyl (C=O) groups is 2. The molecule has 0 fully saturated rings. The first kappa shape index (κ1) is 33.2. The minimum atomic E-state index is -0.830. The Bertz CT molecular complexity index is 1780. The fourth-order valence-corrected chi connectivity index (χ4v) is 4.96. The minimum absolute atomic E-state index is 0.0438. The molecule has 232 valence electrons. The van der Waals surface area contributed by atoms with Crippen molar-refractivity contribution in [2.24, 2.45) is 0 Å². The second kappa shape index (κ2) is 15.4. The first-order valence-corrected chi connectivity index (χ1v) is 14.4. The molecule has 4 rings (SSSR count). The topological polar surface area (TPSA) is 123 Å². The predicted molar refractivity (Wildman–Crippen MR) is 168 cm³/mol. The van der Waals surface area contributed by atoms with Gasteiger partial charge in [-0.2, -0.15) is 5.26 Å². The van der Waals surface area contributed by atoms with Gasteiger partial charge in [-0.25, -0.2) is 22.9 Å². The number of rotatable bonds is 12. The van der Waals surface area contributed by atoms with Gasteiger partial charge in [0.25, 0.3) is 0 Å². The molecule has 0 aliphatic rings. The summed E-state index contributed by atoms with van der Waals surface area (Å²) in [6, 6.07) is 15.2. The van der Waals surface area contributed by atoms with Gasteiger partial charge in [0.2, 0.25) is 11.8 Å². The van der Waals surface area contributed by atoms with Crippen molar-refractivity contribution in [1.82, 2.24) is 4.98 Å².